The van der Waals surface area contributed by atoms with Crippen LogP contribution < -0.4 is 0 Å². The largest absolute Gasteiger partial charge is 0.309 e. The maximum absolute atomic E-state index is 4.59. The summed E-state index contributed by atoms with van der Waals surface area (Å²) >= 11 is 1.88. The van der Waals surface area contributed by atoms with Crippen LogP contribution in [0.25, 0.3) is 6.08 Å². The van der Waals surface area contributed by atoms with Gasteiger partial charge < -0.3 is 4.90 Å². The molecule has 3 heteroatoms. The maximum Gasteiger partial charge on any atom is 0.0765 e. The SMILES string of the molecule is CN(C)CCCSc1ccccc1N=C/C=C/c1ccccc1. The van der Waals surface area contributed by atoms with E-state index in [1.54, 1.807) is 0 Å². The summed E-state index contributed by atoms with van der Waals surface area (Å²) in [6, 6.07) is 18.6. The minimum atomic E-state index is 1.04. The Labute approximate surface area is 143 Å². The van der Waals surface area contributed by atoms with Gasteiger partial charge in [0, 0.05) is 11.1 Å². The standard InChI is InChI=1S/C20H24N2S/c1-22(2)16-9-17-23-20-14-7-6-13-19(20)21-15-8-12-18-10-4-3-5-11-18/h3-8,10-15H,9,16-17H2,1-2H3/b12-8+,21-15?. The number of hydrogen-bond donors (Lipinski definition) is 0. The summed E-state index contributed by atoms with van der Waals surface area (Å²) in [4.78, 5) is 8.06. The smallest absolute Gasteiger partial charge is 0.0765 e. The van der Waals surface area contributed by atoms with Crippen LogP contribution in [0.3, 0.4) is 0 Å². The molecule has 0 fully saturated rings. The van der Waals surface area contributed by atoms with Crippen LogP contribution in [0.5, 0.6) is 0 Å². The molecule has 0 saturated carbocycles. The second-order valence-corrected chi connectivity index (χ2v) is 6.66. The molecule has 2 aromatic carbocycles. The molecule has 0 heterocycles. The van der Waals surface area contributed by atoms with Crippen molar-refractivity contribution in [3.8, 4) is 0 Å². The maximum atomic E-state index is 4.59. The van der Waals surface area contributed by atoms with Crippen molar-refractivity contribution < 1.29 is 0 Å². The van der Waals surface area contributed by atoms with Gasteiger partial charge in [-0.15, -0.1) is 11.8 Å². The Hall–Kier alpha value is -1.84. The first-order chi connectivity index (χ1) is 11.3. The molecular formula is C20H24N2S. The lowest BCUT2D eigenvalue weighted by Gasteiger charge is -2.09. The minimum absolute atomic E-state index is 1.04. The first kappa shape index (κ1) is 17.5. The molecule has 0 N–H and O–H groups in total. The molecule has 0 aliphatic rings. The molecule has 2 rings (SSSR count). The zero-order chi connectivity index (χ0) is 16.3. The van der Waals surface area contributed by atoms with E-state index in [9.17, 15) is 0 Å². The number of nitrogens with zero attached hydrogens (tertiary/aromatic N) is 2. The summed E-state index contributed by atoms with van der Waals surface area (Å²) < 4.78 is 0. The second kappa shape index (κ2) is 10.0. The fourth-order valence-electron chi connectivity index (χ4n) is 2.09. The van der Waals surface area contributed by atoms with Gasteiger partial charge in [0.1, 0.15) is 0 Å². The molecular weight excluding hydrogens is 300 g/mol. The number of allylic oxidation sites excluding steroid dienone is 1. The van der Waals surface area contributed by atoms with Crippen LogP contribution >= 0.6 is 11.8 Å². The average molecular weight is 324 g/mol. The van der Waals surface area contributed by atoms with Crippen LogP contribution in [0.4, 0.5) is 5.69 Å². The highest BCUT2D eigenvalue weighted by molar-refractivity contribution is 7.99. The van der Waals surface area contributed by atoms with E-state index < -0.39 is 0 Å². The highest BCUT2D eigenvalue weighted by Gasteiger charge is 2.00. The molecule has 0 saturated heterocycles. The molecule has 0 atom stereocenters. The van der Waals surface area contributed by atoms with E-state index in [1.165, 1.54) is 16.9 Å². The molecule has 0 aromatic heterocycles. The molecule has 0 bridgehead atoms. The molecule has 0 amide bonds. The van der Waals surface area contributed by atoms with Crippen molar-refractivity contribution in [2.45, 2.75) is 11.3 Å². The number of thioether (sulfide) groups is 1. The van der Waals surface area contributed by atoms with Crippen LogP contribution in [0.2, 0.25) is 0 Å². The normalized spacial score (nSPS) is 11.8. The first-order valence-corrected chi connectivity index (χ1v) is 8.86. The van der Waals surface area contributed by atoms with Crippen molar-refractivity contribution in [2.75, 3.05) is 26.4 Å². The first-order valence-electron chi connectivity index (χ1n) is 7.88. The molecule has 0 aliphatic carbocycles. The highest BCUT2D eigenvalue weighted by atomic mass is 32.2. The molecule has 0 radical (unpaired) electrons. The van der Waals surface area contributed by atoms with Gasteiger partial charge in [-0.2, -0.15) is 0 Å². The third-order valence-corrected chi connectivity index (χ3v) is 4.41. The Morgan fingerprint density at radius 1 is 1.00 bits per heavy atom. The summed E-state index contributed by atoms with van der Waals surface area (Å²) in [6.07, 6.45) is 7.11. The Morgan fingerprint density at radius 2 is 1.74 bits per heavy atom. The Balaban J connectivity index is 1.91. The van der Waals surface area contributed by atoms with Crippen molar-refractivity contribution in [2.24, 2.45) is 4.99 Å². The molecule has 120 valence electrons. The van der Waals surface area contributed by atoms with Crippen molar-refractivity contribution in [1.82, 2.24) is 4.90 Å². The van der Waals surface area contributed by atoms with E-state index in [1.807, 2.05) is 48.3 Å². The predicted octanol–water partition coefficient (Wildman–Crippen LogP) is 5.15. The molecule has 2 nitrogen and oxygen atoms in total. The van der Waals surface area contributed by atoms with Gasteiger partial charge in [0.2, 0.25) is 0 Å². The Kier molecular flexibility index (Phi) is 7.64. The van der Waals surface area contributed by atoms with Crippen LogP contribution in [-0.4, -0.2) is 37.5 Å². The van der Waals surface area contributed by atoms with Gasteiger partial charge in [0.25, 0.3) is 0 Å². The number of rotatable bonds is 8. The van der Waals surface area contributed by atoms with Crippen LogP contribution in [0, 0.1) is 0 Å². The van der Waals surface area contributed by atoms with Crippen molar-refractivity contribution >= 4 is 29.7 Å². The van der Waals surface area contributed by atoms with Gasteiger partial charge in [-0.3, -0.25) is 4.99 Å². The lowest BCUT2D eigenvalue weighted by atomic mass is 10.2. The van der Waals surface area contributed by atoms with Gasteiger partial charge in [0.05, 0.1) is 5.69 Å². The Bertz CT molecular complexity index is 633. The van der Waals surface area contributed by atoms with Gasteiger partial charge in [-0.1, -0.05) is 48.5 Å². The summed E-state index contributed by atoms with van der Waals surface area (Å²) in [7, 11) is 4.23. The van der Waals surface area contributed by atoms with Crippen LogP contribution in [0.1, 0.15) is 12.0 Å². The summed E-state index contributed by atoms with van der Waals surface area (Å²) in [5.41, 5.74) is 2.23. The van der Waals surface area contributed by atoms with E-state index in [4.69, 9.17) is 0 Å². The predicted molar refractivity (Wildman–Crippen MR) is 104 cm³/mol. The third kappa shape index (κ3) is 6.85. The average Bonchev–Trinajstić information content (AvgIpc) is 2.57. The number of aliphatic imine (C=N–C) groups is 1. The van der Waals surface area contributed by atoms with E-state index in [-0.39, 0.29) is 0 Å². The van der Waals surface area contributed by atoms with Crippen LogP contribution in [0.15, 0.2) is 70.6 Å². The van der Waals surface area contributed by atoms with Gasteiger partial charge in [0.15, 0.2) is 0 Å². The molecule has 0 aliphatic heterocycles. The number of para-hydroxylation sites is 1. The monoisotopic (exact) mass is 324 g/mol. The molecule has 2 aromatic rings. The Morgan fingerprint density at radius 3 is 2.52 bits per heavy atom. The summed E-state index contributed by atoms with van der Waals surface area (Å²) in [6.45, 7) is 1.12. The van der Waals surface area contributed by atoms with Crippen LogP contribution in [-0.2, 0) is 0 Å². The molecule has 23 heavy (non-hydrogen) atoms. The highest BCUT2D eigenvalue weighted by Crippen LogP contribution is 2.29. The lowest BCUT2D eigenvalue weighted by Crippen LogP contribution is -2.13. The van der Waals surface area contributed by atoms with Gasteiger partial charge in [-0.05, 0) is 56.6 Å². The van der Waals surface area contributed by atoms with E-state index >= 15 is 0 Å². The number of hydrogen-bond acceptors (Lipinski definition) is 3. The van der Waals surface area contributed by atoms with Gasteiger partial charge in [-0.25, -0.2) is 0 Å². The quantitative estimate of drug-likeness (QED) is 0.379. The van der Waals surface area contributed by atoms with E-state index in [0.29, 0.717) is 0 Å². The lowest BCUT2D eigenvalue weighted by molar-refractivity contribution is 0.410. The van der Waals surface area contributed by atoms with E-state index in [0.717, 1.165) is 18.0 Å². The summed E-state index contributed by atoms with van der Waals surface area (Å²) in [5, 5.41) is 0. The van der Waals surface area contributed by atoms with Crippen molar-refractivity contribution in [1.29, 1.82) is 0 Å². The fourth-order valence-corrected chi connectivity index (χ4v) is 3.03. The van der Waals surface area contributed by atoms with Gasteiger partial charge >= 0.3 is 0 Å². The summed E-state index contributed by atoms with van der Waals surface area (Å²) in [5.74, 6) is 1.12. The van der Waals surface area contributed by atoms with Crippen molar-refractivity contribution in [3.63, 3.8) is 0 Å². The van der Waals surface area contributed by atoms with Crippen molar-refractivity contribution in [3.05, 3.63) is 66.2 Å². The third-order valence-electron chi connectivity index (χ3n) is 3.26. The molecule has 0 unspecified atom stereocenters. The number of benzene rings is 2. The second-order valence-electron chi connectivity index (χ2n) is 5.52. The fraction of sp³-hybridized carbons (Fsp3) is 0.250. The van der Waals surface area contributed by atoms with E-state index in [2.05, 4.69) is 60.4 Å². The minimum Gasteiger partial charge on any atom is -0.309 e. The molecule has 0 spiro atoms. The topological polar surface area (TPSA) is 15.6 Å². The zero-order valence-corrected chi connectivity index (χ0v) is 14.7. The zero-order valence-electron chi connectivity index (χ0n) is 13.9.